The van der Waals surface area contributed by atoms with E-state index in [1.54, 1.807) is 6.07 Å². The number of carboxylic acid groups (broad SMARTS) is 1. The van der Waals surface area contributed by atoms with E-state index in [0.717, 1.165) is 17.7 Å². The Balaban J connectivity index is 0.000000451. The van der Waals surface area contributed by atoms with Crippen LogP contribution in [-0.2, 0) is 11.3 Å². The van der Waals surface area contributed by atoms with Crippen molar-refractivity contribution in [1.82, 2.24) is 5.32 Å². The van der Waals surface area contributed by atoms with Crippen LogP contribution in [-0.4, -0.2) is 29.2 Å². The van der Waals surface area contributed by atoms with Gasteiger partial charge < -0.3 is 16.2 Å². The standard InChI is InChI=1S/C22H28N2O.C2HF3O2/c1-22(2)12-10-20(11-13-22)24-15-16-6-8-17(9-7-16)18-4-3-5-19(14-18)21(23)25;3-2(4,5)1(6)7/h3-9,14,20,24H,10-13,15H2,1-2H3,(H2,23,25);(H,6,7). The van der Waals surface area contributed by atoms with Gasteiger partial charge in [0.05, 0.1) is 0 Å². The van der Waals surface area contributed by atoms with Crippen molar-refractivity contribution < 1.29 is 27.9 Å². The van der Waals surface area contributed by atoms with Gasteiger partial charge in [0.1, 0.15) is 0 Å². The maximum absolute atomic E-state index is 11.3. The number of hydrogen-bond donors (Lipinski definition) is 3. The van der Waals surface area contributed by atoms with E-state index in [2.05, 4.69) is 43.4 Å². The van der Waals surface area contributed by atoms with Crippen molar-refractivity contribution in [2.45, 2.75) is 58.3 Å². The first kappa shape index (κ1) is 25.4. The van der Waals surface area contributed by atoms with Gasteiger partial charge in [0.25, 0.3) is 0 Å². The van der Waals surface area contributed by atoms with E-state index >= 15 is 0 Å². The zero-order chi connectivity index (χ0) is 23.9. The minimum Gasteiger partial charge on any atom is -0.475 e. The molecule has 1 aliphatic rings. The van der Waals surface area contributed by atoms with E-state index < -0.39 is 18.1 Å². The molecule has 0 saturated heterocycles. The van der Waals surface area contributed by atoms with Crippen LogP contribution in [0.1, 0.15) is 55.5 Å². The van der Waals surface area contributed by atoms with Crippen molar-refractivity contribution in [3.63, 3.8) is 0 Å². The van der Waals surface area contributed by atoms with Gasteiger partial charge in [-0.05, 0) is 59.9 Å². The first-order chi connectivity index (χ1) is 14.9. The van der Waals surface area contributed by atoms with Gasteiger partial charge in [-0.1, -0.05) is 50.2 Å². The van der Waals surface area contributed by atoms with Crippen molar-refractivity contribution in [3.8, 4) is 11.1 Å². The lowest BCUT2D eigenvalue weighted by atomic mass is 9.75. The normalized spacial score (nSPS) is 16.0. The highest BCUT2D eigenvalue weighted by atomic mass is 19.4. The lowest BCUT2D eigenvalue weighted by molar-refractivity contribution is -0.192. The highest BCUT2D eigenvalue weighted by molar-refractivity contribution is 5.94. The number of halogens is 3. The lowest BCUT2D eigenvalue weighted by Gasteiger charge is -2.34. The van der Waals surface area contributed by atoms with Crippen LogP contribution in [0, 0.1) is 5.41 Å². The summed E-state index contributed by atoms with van der Waals surface area (Å²) in [4.78, 5) is 20.2. The Morgan fingerprint density at radius 2 is 1.62 bits per heavy atom. The molecule has 0 spiro atoms. The average Bonchev–Trinajstić information content (AvgIpc) is 2.73. The molecule has 1 aliphatic carbocycles. The van der Waals surface area contributed by atoms with Crippen LogP contribution >= 0.6 is 0 Å². The average molecular weight is 451 g/mol. The molecule has 1 fully saturated rings. The number of amides is 1. The molecule has 2 aromatic carbocycles. The zero-order valence-electron chi connectivity index (χ0n) is 18.2. The molecule has 0 aliphatic heterocycles. The molecule has 0 bridgehead atoms. The van der Waals surface area contributed by atoms with Crippen molar-refractivity contribution >= 4 is 11.9 Å². The molecule has 2 aromatic rings. The third-order valence-corrected chi connectivity index (χ3v) is 5.61. The van der Waals surface area contributed by atoms with Crippen molar-refractivity contribution in [1.29, 1.82) is 0 Å². The largest absolute Gasteiger partial charge is 0.490 e. The van der Waals surface area contributed by atoms with Crippen LogP contribution in [0.2, 0.25) is 0 Å². The predicted octanol–water partition coefficient (Wildman–Crippen LogP) is 5.14. The number of carbonyl (C=O) groups excluding carboxylic acids is 1. The van der Waals surface area contributed by atoms with Gasteiger partial charge >= 0.3 is 12.1 Å². The number of alkyl halides is 3. The van der Waals surface area contributed by atoms with E-state index in [1.807, 2.05) is 18.2 Å². The first-order valence-electron chi connectivity index (χ1n) is 10.4. The van der Waals surface area contributed by atoms with Crippen LogP contribution in [0.3, 0.4) is 0 Å². The maximum Gasteiger partial charge on any atom is 0.490 e. The summed E-state index contributed by atoms with van der Waals surface area (Å²) in [5, 5.41) is 10.8. The molecule has 174 valence electrons. The fourth-order valence-electron chi connectivity index (χ4n) is 3.53. The van der Waals surface area contributed by atoms with Gasteiger partial charge in [0.15, 0.2) is 0 Å². The van der Waals surface area contributed by atoms with E-state index in [1.165, 1.54) is 31.2 Å². The summed E-state index contributed by atoms with van der Waals surface area (Å²) in [5.74, 6) is -3.15. The number of carbonyl (C=O) groups is 2. The van der Waals surface area contributed by atoms with Gasteiger partial charge in [-0.3, -0.25) is 4.79 Å². The van der Waals surface area contributed by atoms with Gasteiger partial charge in [-0.15, -0.1) is 0 Å². The molecule has 3 rings (SSSR count). The Kier molecular flexibility index (Phi) is 8.44. The van der Waals surface area contributed by atoms with E-state index in [9.17, 15) is 18.0 Å². The number of aliphatic carboxylic acids is 1. The van der Waals surface area contributed by atoms with Gasteiger partial charge in [0.2, 0.25) is 5.91 Å². The second-order valence-corrected chi connectivity index (χ2v) is 8.76. The highest BCUT2D eigenvalue weighted by Gasteiger charge is 2.38. The molecule has 0 aromatic heterocycles. The Morgan fingerprint density at radius 1 is 1.06 bits per heavy atom. The third kappa shape index (κ3) is 8.00. The van der Waals surface area contributed by atoms with E-state index in [0.29, 0.717) is 17.0 Å². The maximum atomic E-state index is 11.3. The number of benzene rings is 2. The van der Waals surface area contributed by atoms with Crippen LogP contribution in [0.25, 0.3) is 11.1 Å². The number of hydrogen-bond acceptors (Lipinski definition) is 3. The second kappa shape index (κ2) is 10.6. The van der Waals surface area contributed by atoms with E-state index in [-0.39, 0.29) is 0 Å². The summed E-state index contributed by atoms with van der Waals surface area (Å²) in [7, 11) is 0. The number of rotatable bonds is 5. The quantitative estimate of drug-likeness (QED) is 0.588. The van der Waals surface area contributed by atoms with Crippen LogP contribution in [0.4, 0.5) is 13.2 Å². The molecule has 1 saturated carbocycles. The van der Waals surface area contributed by atoms with E-state index in [4.69, 9.17) is 15.6 Å². The summed E-state index contributed by atoms with van der Waals surface area (Å²) in [6.07, 6.45) is 0.0651. The number of carboxylic acids is 1. The van der Waals surface area contributed by atoms with Crippen molar-refractivity contribution in [3.05, 3.63) is 59.7 Å². The SMILES string of the molecule is CC1(C)CCC(NCc2ccc(-c3cccc(C(N)=O)c3)cc2)CC1.O=C(O)C(F)(F)F. The minimum absolute atomic E-state index is 0.390. The molecule has 5 nitrogen and oxygen atoms in total. The summed E-state index contributed by atoms with van der Waals surface area (Å²) < 4.78 is 31.7. The molecular formula is C24H29F3N2O3. The number of nitrogens with two attached hydrogens (primary N) is 1. The topological polar surface area (TPSA) is 92.4 Å². The molecule has 8 heteroatoms. The molecule has 0 radical (unpaired) electrons. The first-order valence-corrected chi connectivity index (χ1v) is 10.4. The Hall–Kier alpha value is -2.87. The van der Waals surface area contributed by atoms with Crippen LogP contribution in [0.5, 0.6) is 0 Å². The summed E-state index contributed by atoms with van der Waals surface area (Å²) in [5.41, 5.74) is 9.84. The van der Waals surface area contributed by atoms with Crippen LogP contribution in [0.15, 0.2) is 48.5 Å². The van der Waals surface area contributed by atoms with Crippen molar-refractivity contribution in [2.75, 3.05) is 0 Å². The smallest absolute Gasteiger partial charge is 0.475 e. The molecule has 1 amide bonds. The molecular weight excluding hydrogens is 421 g/mol. The third-order valence-electron chi connectivity index (χ3n) is 5.61. The number of nitrogens with one attached hydrogen (secondary N) is 1. The summed E-state index contributed by atoms with van der Waals surface area (Å²) in [6.45, 7) is 5.65. The molecule has 0 unspecified atom stereocenters. The highest BCUT2D eigenvalue weighted by Crippen LogP contribution is 2.35. The number of primary amides is 1. The Bertz CT molecular complexity index is 915. The Morgan fingerprint density at radius 3 is 2.12 bits per heavy atom. The van der Waals surface area contributed by atoms with Crippen molar-refractivity contribution in [2.24, 2.45) is 11.1 Å². The monoisotopic (exact) mass is 450 g/mol. The van der Waals surface area contributed by atoms with Crippen LogP contribution < -0.4 is 11.1 Å². The fourth-order valence-corrected chi connectivity index (χ4v) is 3.53. The molecule has 0 heterocycles. The zero-order valence-corrected chi connectivity index (χ0v) is 18.2. The predicted molar refractivity (Wildman–Crippen MR) is 117 cm³/mol. The van der Waals surface area contributed by atoms with Gasteiger partial charge in [-0.2, -0.15) is 13.2 Å². The summed E-state index contributed by atoms with van der Waals surface area (Å²) in [6, 6.07) is 16.6. The Labute approximate surface area is 185 Å². The van der Waals surface area contributed by atoms with Gasteiger partial charge in [0, 0.05) is 18.2 Å². The fraction of sp³-hybridized carbons (Fsp3) is 0.417. The molecule has 32 heavy (non-hydrogen) atoms. The summed E-state index contributed by atoms with van der Waals surface area (Å²) >= 11 is 0. The second-order valence-electron chi connectivity index (χ2n) is 8.76. The molecule has 4 N–H and O–H groups in total. The minimum atomic E-state index is -5.08. The van der Waals surface area contributed by atoms with Gasteiger partial charge in [-0.25, -0.2) is 4.79 Å². The lowest BCUT2D eigenvalue weighted by Crippen LogP contribution is -2.35. The molecule has 0 atom stereocenters.